The third kappa shape index (κ3) is 5.15. The van der Waals surface area contributed by atoms with Crippen molar-refractivity contribution < 1.29 is 4.79 Å². The van der Waals surface area contributed by atoms with E-state index in [1.807, 2.05) is 26.0 Å². The molecule has 0 aliphatic rings. The van der Waals surface area contributed by atoms with Crippen LogP contribution in [-0.2, 0) is 4.79 Å². The second-order valence-electron chi connectivity index (χ2n) is 3.31. The largest absolute Gasteiger partial charge is 0.311 e. The number of rotatable bonds is 2. The first kappa shape index (κ1) is 13.6. The Kier molecular flexibility index (Phi) is 6.34. The Morgan fingerprint density at radius 3 is 2.47 bits per heavy atom. The van der Waals surface area contributed by atoms with E-state index in [0.29, 0.717) is 11.7 Å². The number of nitrogens with zero attached hydrogens (tertiary/aromatic N) is 1. The zero-order valence-corrected chi connectivity index (χ0v) is 10.2. The first-order valence-corrected chi connectivity index (χ1v) is 5.33. The van der Waals surface area contributed by atoms with E-state index in [0.717, 1.165) is 0 Å². The average molecular weight is 208 g/mol. The molecule has 1 aromatic rings. The zero-order valence-electron chi connectivity index (χ0n) is 10.2. The van der Waals surface area contributed by atoms with Crippen LogP contribution in [0.3, 0.4) is 0 Å². The lowest BCUT2D eigenvalue weighted by molar-refractivity contribution is -0.114. The Balaban J connectivity index is 0.000000921. The predicted octanol–water partition coefficient (Wildman–Crippen LogP) is 3.19. The Hall–Kier alpha value is -1.38. The molecule has 0 aromatic carbocycles. The van der Waals surface area contributed by atoms with Crippen LogP contribution in [-0.4, -0.2) is 10.9 Å². The van der Waals surface area contributed by atoms with Crippen molar-refractivity contribution >= 4 is 11.7 Å². The Labute approximate surface area is 91.9 Å². The average Bonchev–Trinajstić information content (AvgIpc) is 2.20. The smallest absolute Gasteiger partial charge is 0.222 e. The maximum atomic E-state index is 10.7. The molecule has 15 heavy (non-hydrogen) atoms. The monoisotopic (exact) mass is 208 g/mol. The van der Waals surface area contributed by atoms with Crippen molar-refractivity contribution in [1.29, 1.82) is 0 Å². The molecular formula is C12H20N2O. The van der Waals surface area contributed by atoms with Gasteiger partial charge in [0.1, 0.15) is 5.82 Å². The van der Waals surface area contributed by atoms with E-state index in [1.54, 1.807) is 6.20 Å². The second kappa shape index (κ2) is 6.98. The fourth-order valence-electron chi connectivity index (χ4n) is 1.05. The molecule has 1 amide bonds. The standard InChI is InChI=1S/C10H14N2O.C2H6/c1-7(2)9-4-5-11-10(6-9)12-8(3)13;1-2/h4-7H,1-3H3,(H,11,12,13);1-2H3. The lowest BCUT2D eigenvalue weighted by atomic mass is 10.1. The number of nitrogens with one attached hydrogen (secondary N) is 1. The summed E-state index contributed by atoms with van der Waals surface area (Å²) in [5.41, 5.74) is 1.18. The van der Waals surface area contributed by atoms with Gasteiger partial charge in [-0.05, 0) is 23.6 Å². The molecule has 0 bridgehead atoms. The van der Waals surface area contributed by atoms with Crippen LogP contribution in [0.2, 0.25) is 0 Å². The topological polar surface area (TPSA) is 42.0 Å². The van der Waals surface area contributed by atoms with Gasteiger partial charge < -0.3 is 5.32 Å². The Bertz CT molecular complexity index is 308. The molecular weight excluding hydrogens is 188 g/mol. The highest BCUT2D eigenvalue weighted by Crippen LogP contribution is 2.15. The summed E-state index contributed by atoms with van der Waals surface area (Å²) in [6, 6.07) is 3.85. The van der Waals surface area contributed by atoms with Crippen LogP contribution in [0.5, 0.6) is 0 Å². The summed E-state index contributed by atoms with van der Waals surface area (Å²) < 4.78 is 0. The van der Waals surface area contributed by atoms with E-state index >= 15 is 0 Å². The maximum absolute atomic E-state index is 10.7. The van der Waals surface area contributed by atoms with Crippen molar-refractivity contribution in [1.82, 2.24) is 4.98 Å². The van der Waals surface area contributed by atoms with Crippen LogP contribution < -0.4 is 5.32 Å². The molecule has 0 radical (unpaired) electrons. The maximum Gasteiger partial charge on any atom is 0.222 e. The Morgan fingerprint density at radius 2 is 2.00 bits per heavy atom. The number of anilines is 1. The zero-order chi connectivity index (χ0) is 11.8. The van der Waals surface area contributed by atoms with Crippen molar-refractivity contribution in [3.05, 3.63) is 23.9 Å². The summed E-state index contributed by atoms with van der Waals surface area (Å²) in [5, 5.41) is 2.65. The minimum atomic E-state index is -0.0894. The van der Waals surface area contributed by atoms with E-state index < -0.39 is 0 Å². The highest BCUT2D eigenvalue weighted by atomic mass is 16.1. The fraction of sp³-hybridized carbons (Fsp3) is 0.500. The van der Waals surface area contributed by atoms with Crippen molar-refractivity contribution in [2.75, 3.05) is 5.32 Å². The number of amides is 1. The molecule has 0 saturated carbocycles. The van der Waals surface area contributed by atoms with E-state index in [2.05, 4.69) is 24.1 Å². The predicted molar refractivity (Wildman–Crippen MR) is 64.0 cm³/mol. The molecule has 0 atom stereocenters. The van der Waals surface area contributed by atoms with E-state index in [-0.39, 0.29) is 5.91 Å². The summed E-state index contributed by atoms with van der Waals surface area (Å²) in [7, 11) is 0. The van der Waals surface area contributed by atoms with E-state index in [1.165, 1.54) is 12.5 Å². The van der Waals surface area contributed by atoms with Gasteiger partial charge in [0.05, 0.1) is 0 Å². The van der Waals surface area contributed by atoms with Crippen LogP contribution in [0, 0.1) is 0 Å². The van der Waals surface area contributed by atoms with Gasteiger partial charge >= 0.3 is 0 Å². The molecule has 0 saturated heterocycles. The molecule has 0 aliphatic heterocycles. The lowest BCUT2D eigenvalue weighted by Gasteiger charge is -2.06. The molecule has 3 heteroatoms. The third-order valence-electron chi connectivity index (χ3n) is 1.75. The van der Waals surface area contributed by atoms with Gasteiger partial charge in [-0.3, -0.25) is 4.79 Å². The van der Waals surface area contributed by atoms with Gasteiger partial charge in [0.15, 0.2) is 0 Å². The first-order chi connectivity index (χ1) is 7.09. The summed E-state index contributed by atoms with van der Waals surface area (Å²) >= 11 is 0. The van der Waals surface area contributed by atoms with Crippen molar-refractivity contribution in [2.24, 2.45) is 0 Å². The molecule has 1 N–H and O–H groups in total. The summed E-state index contributed by atoms with van der Waals surface area (Å²) in [6.07, 6.45) is 1.71. The van der Waals surface area contributed by atoms with Gasteiger partial charge in [0, 0.05) is 13.1 Å². The molecule has 84 valence electrons. The van der Waals surface area contributed by atoms with Crippen LogP contribution in [0.4, 0.5) is 5.82 Å². The highest BCUT2D eigenvalue weighted by molar-refractivity contribution is 5.87. The van der Waals surface area contributed by atoms with Gasteiger partial charge in [-0.1, -0.05) is 27.7 Å². The van der Waals surface area contributed by atoms with Crippen LogP contribution in [0.1, 0.15) is 46.1 Å². The summed E-state index contributed by atoms with van der Waals surface area (Å²) in [5.74, 6) is 0.989. The van der Waals surface area contributed by atoms with Gasteiger partial charge in [-0.15, -0.1) is 0 Å². The van der Waals surface area contributed by atoms with E-state index in [4.69, 9.17) is 0 Å². The normalized spacial score (nSPS) is 9.20. The Morgan fingerprint density at radius 1 is 1.40 bits per heavy atom. The summed E-state index contributed by atoms with van der Waals surface area (Å²) in [4.78, 5) is 14.8. The molecule has 0 aliphatic carbocycles. The van der Waals surface area contributed by atoms with Crippen molar-refractivity contribution in [3.63, 3.8) is 0 Å². The van der Waals surface area contributed by atoms with Crippen molar-refractivity contribution in [2.45, 2.75) is 40.5 Å². The third-order valence-corrected chi connectivity index (χ3v) is 1.75. The van der Waals surface area contributed by atoms with Gasteiger partial charge in [-0.25, -0.2) is 4.98 Å². The molecule has 1 heterocycles. The molecule has 1 aromatic heterocycles. The van der Waals surface area contributed by atoms with Crippen LogP contribution in [0.15, 0.2) is 18.3 Å². The van der Waals surface area contributed by atoms with Gasteiger partial charge in [0.2, 0.25) is 5.91 Å². The number of carbonyl (C=O) groups is 1. The van der Waals surface area contributed by atoms with Crippen LogP contribution >= 0.6 is 0 Å². The minimum Gasteiger partial charge on any atom is -0.311 e. The number of hydrogen-bond donors (Lipinski definition) is 1. The summed E-state index contributed by atoms with van der Waals surface area (Å²) in [6.45, 7) is 9.68. The van der Waals surface area contributed by atoms with E-state index in [9.17, 15) is 4.79 Å². The van der Waals surface area contributed by atoms with Gasteiger partial charge in [0.25, 0.3) is 0 Å². The number of hydrogen-bond acceptors (Lipinski definition) is 2. The molecule has 0 spiro atoms. The second-order valence-corrected chi connectivity index (χ2v) is 3.31. The molecule has 3 nitrogen and oxygen atoms in total. The molecule has 0 fully saturated rings. The number of aromatic nitrogens is 1. The van der Waals surface area contributed by atoms with Crippen molar-refractivity contribution in [3.8, 4) is 0 Å². The van der Waals surface area contributed by atoms with Gasteiger partial charge in [-0.2, -0.15) is 0 Å². The first-order valence-electron chi connectivity index (χ1n) is 5.33. The highest BCUT2D eigenvalue weighted by Gasteiger charge is 2.01. The molecule has 0 unspecified atom stereocenters. The molecule has 1 rings (SSSR count). The fourth-order valence-corrected chi connectivity index (χ4v) is 1.05. The number of carbonyl (C=O) groups excluding carboxylic acids is 1. The lowest BCUT2D eigenvalue weighted by Crippen LogP contribution is -2.07. The minimum absolute atomic E-state index is 0.0894. The quantitative estimate of drug-likeness (QED) is 0.811. The number of pyridine rings is 1. The van der Waals surface area contributed by atoms with Crippen LogP contribution in [0.25, 0.3) is 0 Å². The SMILES string of the molecule is CC.CC(=O)Nc1cc(C(C)C)ccn1.